The van der Waals surface area contributed by atoms with Crippen LogP contribution in [0.1, 0.15) is 0 Å². The molecule has 0 spiro atoms. The van der Waals surface area contributed by atoms with Crippen LogP contribution in [0.2, 0.25) is 0 Å². The standard InChI is InChI=1S/C9H11BrN4S/c1-15-5-4-11-9-12-8-3-2-7(10)6-14(8)13-9/h2-3,6H,4-5H2,1H3,(H,11,13). The number of aromatic nitrogens is 3. The summed E-state index contributed by atoms with van der Waals surface area (Å²) in [4.78, 5) is 4.34. The van der Waals surface area contributed by atoms with Crippen LogP contribution < -0.4 is 5.32 Å². The molecule has 0 aromatic carbocycles. The molecule has 0 atom stereocenters. The number of hydrogen-bond donors (Lipinski definition) is 1. The zero-order valence-corrected chi connectivity index (χ0v) is 10.7. The molecule has 2 rings (SSSR count). The lowest BCUT2D eigenvalue weighted by molar-refractivity contribution is 0.951. The molecule has 0 aliphatic carbocycles. The van der Waals surface area contributed by atoms with Crippen molar-refractivity contribution in [3.05, 3.63) is 22.8 Å². The van der Waals surface area contributed by atoms with Gasteiger partial charge in [-0.1, -0.05) is 0 Å². The highest BCUT2D eigenvalue weighted by atomic mass is 79.9. The monoisotopic (exact) mass is 286 g/mol. The van der Waals surface area contributed by atoms with Crippen LogP contribution in [0.3, 0.4) is 0 Å². The maximum absolute atomic E-state index is 4.34. The molecule has 0 radical (unpaired) electrons. The van der Waals surface area contributed by atoms with Crippen LogP contribution in [-0.2, 0) is 0 Å². The van der Waals surface area contributed by atoms with Crippen LogP contribution in [0.15, 0.2) is 22.8 Å². The fraction of sp³-hybridized carbons (Fsp3) is 0.333. The van der Waals surface area contributed by atoms with Crippen molar-refractivity contribution in [2.45, 2.75) is 0 Å². The topological polar surface area (TPSA) is 42.2 Å². The van der Waals surface area contributed by atoms with E-state index in [-0.39, 0.29) is 0 Å². The van der Waals surface area contributed by atoms with Crippen molar-refractivity contribution in [1.29, 1.82) is 0 Å². The van der Waals surface area contributed by atoms with Gasteiger partial charge in [-0.2, -0.15) is 16.7 Å². The zero-order valence-electron chi connectivity index (χ0n) is 8.27. The van der Waals surface area contributed by atoms with E-state index in [1.807, 2.05) is 18.3 Å². The summed E-state index contributed by atoms with van der Waals surface area (Å²) in [7, 11) is 0. The van der Waals surface area contributed by atoms with Crippen molar-refractivity contribution in [1.82, 2.24) is 14.6 Å². The first-order chi connectivity index (χ1) is 7.29. The van der Waals surface area contributed by atoms with Crippen molar-refractivity contribution in [3.8, 4) is 0 Å². The first-order valence-corrected chi connectivity index (χ1v) is 6.73. The van der Waals surface area contributed by atoms with Gasteiger partial charge in [-0.15, -0.1) is 5.10 Å². The highest BCUT2D eigenvalue weighted by molar-refractivity contribution is 9.10. The number of nitrogens with zero attached hydrogens (tertiary/aromatic N) is 3. The lowest BCUT2D eigenvalue weighted by atomic mass is 10.5. The maximum atomic E-state index is 4.34. The molecule has 1 N–H and O–H groups in total. The molecule has 0 fully saturated rings. The minimum Gasteiger partial charge on any atom is -0.352 e. The smallest absolute Gasteiger partial charge is 0.243 e. The van der Waals surface area contributed by atoms with Gasteiger partial charge in [0.1, 0.15) is 0 Å². The molecule has 0 amide bonds. The van der Waals surface area contributed by atoms with E-state index in [4.69, 9.17) is 0 Å². The van der Waals surface area contributed by atoms with Crippen molar-refractivity contribution in [3.63, 3.8) is 0 Å². The SMILES string of the molecule is CSCCNc1nc2ccc(Br)cn2n1. The number of hydrogen-bond acceptors (Lipinski definition) is 4. The van der Waals surface area contributed by atoms with E-state index in [9.17, 15) is 0 Å². The highest BCUT2D eigenvalue weighted by Crippen LogP contribution is 2.11. The van der Waals surface area contributed by atoms with E-state index in [1.54, 1.807) is 16.3 Å². The van der Waals surface area contributed by atoms with Gasteiger partial charge in [-0.3, -0.25) is 0 Å². The van der Waals surface area contributed by atoms with E-state index in [0.717, 1.165) is 22.4 Å². The molecule has 0 bridgehead atoms. The van der Waals surface area contributed by atoms with Crippen molar-refractivity contribution in [2.24, 2.45) is 0 Å². The van der Waals surface area contributed by atoms with Crippen LogP contribution >= 0.6 is 27.7 Å². The van der Waals surface area contributed by atoms with Crippen molar-refractivity contribution >= 4 is 39.3 Å². The normalized spacial score (nSPS) is 10.8. The van der Waals surface area contributed by atoms with Gasteiger partial charge < -0.3 is 5.32 Å². The van der Waals surface area contributed by atoms with Crippen molar-refractivity contribution in [2.75, 3.05) is 23.9 Å². The van der Waals surface area contributed by atoms with Gasteiger partial charge >= 0.3 is 0 Å². The Morgan fingerprint density at radius 3 is 3.20 bits per heavy atom. The lowest BCUT2D eigenvalue weighted by Gasteiger charge is -1.97. The Morgan fingerprint density at radius 1 is 1.53 bits per heavy atom. The van der Waals surface area contributed by atoms with Crippen LogP contribution in [0.4, 0.5) is 5.95 Å². The molecule has 0 aliphatic heterocycles. The largest absolute Gasteiger partial charge is 0.352 e. The Hall–Kier alpha value is -0.750. The van der Waals surface area contributed by atoms with Crippen LogP contribution in [0.25, 0.3) is 5.65 Å². The van der Waals surface area contributed by atoms with E-state index in [0.29, 0.717) is 5.95 Å². The van der Waals surface area contributed by atoms with Crippen LogP contribution in [-0.4, -0.2) is 33.2 Å². The number of halogens is 1. The lowest BCUT2D eigenvalue weighted by Crippen LogP contribution is -2.05. The van der Waals surface area contributed by atoms with Gasteiger partial charge in [0.25, 0.3) is 0 Å². The number of pyridine rings is 1. The highest BCUT2D eigenvalue weighted by Gasteiger charge is 2.02. The Morgan fingerprint density at radius 2 is 2.40 bits per heavy atom. The molecule has 0 aliphatic rings. The van der Waals surface area contributed by atoms with Crippen molar-refractivity contribution < 1.29 is 0 Å². The Kier molecular flexibility index (Phi) is 3.48. The fourth-order valence-electron chi connectivity index (χ4n) is 1.20. The Labute approximate surface area is 101 Å². The van der Waals surface area contributed by atoms with Crippen LogP contribution in [0.5, 0.6) is 0 Å². The average Bonchev–Trinajstić information content (AvgIpc) is 2.60. The summed E-state index contributed by atoms with van der Waals surface area (Å²) in [6, 6.07) is 3.88. The minimum absolute atomic E-state index is 0.683. The van der Waals surface area contributed by atoms with Gasteiger partial charge in [0.05, 0.1) is 0 Å². The summed E-state index contributed by atoms with van der Waals surface area (Å²) in [6.07, 6.45) is 3.97. The third-order valence-corrected chi connectivity index (χ3v) is 2.97. The second-order valence-electron chi connectivity index (χ2n) is 3.01. The number of nitrogens with one attached hydrogen (secondary N) is 1. The van der Waals surface area contributed by atoms with E-state index in [2.05, 4.69) is 37.6 Å². The van der Waals surface area contributed by atoms with Crippen LogP contribution in [0, 0.1) is 0 Å². The number of fused-ring (bicyclic) bond motifs is 1. The third-order valence-electron chi connectivity index (χ3n) is 1.88. The molecular formula is C9H11BrN4S. The number of rotatable bonds is 4. The molecule has 2 aromatic heterocycles. The van der Waals surface area contributed by atoms with E-state index in [1.165, 1.54) is 0 Å². The fourth-order valence-corrected chi connectivity index (χ4v) is 1.83. The summed E-state index contributed by atoms with van der Waals surface area (Å²) in [5, 5.41) is 7.48. The Bertz CT molecular complexity index is 456. The van der Waals surface area contributed by atoms with Gasteiger partial charge in [0.2, 0.25) is 5.95 Å². The summed E-state index contributed by atoms with van der Waals surface area (Å²) < 4.78 is 2.75. The predicted octanol–water partition coefficient (Wildman–Crippen LogP) is 2.27. The molecule has 0 saturated heterocycles. The Balaban J connectivity index is 2.16. The average molecular weight is 287 g/mol. The van der Waals surface area contributed by atoms with E-state index >= 15 is 0 Å². The molecule has 80 valence electrons. The summed E-state index contributed by atoms with van der Waals surface area (Å²) in [6.45, 7) is 0.888. The summed E-state index contributed by atoms with van der Waals surface area (Å²) in [5.41, 5.74) is 0.852. The molecule has 15 heavy (non-hydrogen) atoms. The van der Waals surface area contributed by atoms with E-state index < -0.39 is 0 Å². The second kappa shape index (κ2) is 4.85. The molecule has 2 heterocycles. The van der Waals surface area contributed by atoms with Gasteiger partial charge in [-0.05, 0) is 34.3 Å². The summed E-state index contributed by atoms with van der Waals surface area (Å²) >= 11 is 5.19. The minimum atomic E-state index is 0.683. The number of thioether (sulfide) groups is 1. The van der Waals surface area contributed by atoms with Gasteiger partial charge in [-0.25, -0.2) is 4.52 Å². The quantitative estimate of drug-likeness (QED) is 0.876. The predicted molar refractivity (Wildman–Crippen MR) is 67.6 cm³/mol. The molecule has 4 nitrogen and oxygen atoms in total. The first-order valence-electron chi connectivity index (χ1n) is 4.54. The maximum Gasteiger partial charge on any atom is 0.243 e. The molecular weight excluding hydrogens is 276 g/mol. The molecule has 0 saturated carbocycles. The van der Waals surface area contributed by atoms with Gasteiger partial charge in [0.15, 0.2) is 5.65 Å². The second-order valence-corrected chi connectivity index (χ2v) is 4.91. The third kappa shape index (κ3) is 2.63. The molecule has 2 aromatic rings. The molecule has 6 heteroatoms. The van der Waals surface area contributed by atoms with Gasteiger partial charge in [0, 0.05) is 23.0 Å². The number of anilines is 1. The summed E-state index contributed by atoms with van der Waals surface area (Å²) in [5.74, 6) is 1.74. The first kappa shape index (κ1) is 10.8. The molecule has 0 unspecified atom stereocenters. The zero-order chi connectivity index (χ0) is 10.7.